The summed E-state index contributed by atoms with van der Waals surface area (Å²) in [4.78, 5) is 2.35. The van der Waals surface area contributed by atoms with E-state index in [1.165, 1.54) is 5.69 Å². The summed E-state index contributed by atoms with van der Waals surface area (Å²) >= 11 is -1.75. The van der Waals surface area contributed by atoms with Gasteiger partial charge in [0.15, 0.2) is 11.1 Å². The number of nitrogens with zero attached hydrogens (tertiary/aromatic N) is 1. The topological polar surface area (TPSA) is 61.8 Å². The summed E-state index contributed by atoms with van der Waals surface area (Å²) in [6, 6.07) is 8.05. The first-order valence-electron chi connectivity index (χ1n) is 6.91. The van der Waals surface area contributed by atoms with Gasteiger partial charge in [-0.2, -0.15) is 0 Å². The van der Waals surface area contributed by atoms with Gasteiger partial charge in [-0.3, -0.25) is 0 Å². The van der Waals surface area contributed by atoms with E-state index >= 15 is 0 Å². The second-order valence-electron chi connectivity index (χ2n) is 5.14. The molecule has 1 aliphatic rings. The summed E-state index contributed by atoms with van der Waals surface area (Å²) in [5.74, 6) is 1.12. The van der Waals surface area contributed by atoms with Gasteiger partial charge in [-0.05, 0) is 24.3 Å². The highest BCUT2D eigenvalue weighted by atomic mass is 32.2. The van der Waals surface area contributed by atoms with E-state index in [1.54, 1.807) is 0 Å². The van der Waals surface area contributed by atoms with Gasteiger partial charge in [0.2, 0.25) is 0 Å². The zero-order valence-electron chi connectivity index (χ0n) is 11.7. The summed E-state index contributed by atoms with van der Waals surface area (Å²) in [6.45, 7) is 6.46. The molecule has 2 rings (SSSR count). The normalized spacial score (nSPS) is 18.6. The molecule has 1 saturated heterocycles. The Bertz CT molecular complexity index is 433. The van der Waals surface area contributed by atoms with E-state index in [1.807, 2.05) is 19.1 Å². The molecule has 1 aromatic carbocycles. The maximum absolute atomic E-state index is 10.7. The molecule has 0 spiro atoms. The van der Waals surface area contributed by atoms with Gasteiger partial charge in [-0.15, -0.1) is 0 Å². The lowest BCUT2D eigenvalue weighted by Crippen LogP contribution is -2.43. The Morgan fingerprint density at radius 2 is 2.00 bits per heavy atom. The maximum atomic E-state index is 10.7. The highest BCUT2D eigenvalue weighted by Crippen LogP contribution is 2.20. The van der Waals surface area contributed by atoms with E-state index in [4.69, 9.17) is 9.29 Å². The molecule has 0 saturated carbocycles. The Morgan fingerprint density at radius 3 is 2.60 bits per heavy atom. The van der Waals surface area contributed by atoms with E-state index in [2.05, 4.69) is 22.3 Å². The fraction of sp³-hybridized carbons (Fsp3) is 0.571. The van der Waals surface area contributed by atoms with E-state index in [0.717, 1.165) is 31.9 Å². The lowest BCUT2D eigenvalue weighted by atomic mass is 10.2. The number of rotatable bonds is 6. The summed E-state index contributed by atoms with van der Waals surface area (Å²) in [5, 5.41) is 3.33. The lowest BCUT2D eigenvalue weighted by molar-refractivity contribution is 0.271. The standard InChI is InChI=1S/C14H22N2O3S/c1-12(11-20(17)18)10-19-14-4-2-13(3-5-14)16-8-6-15-7-9-16/h2-5,12,15H,6-11H2,1H3,(H,17,18). The van der Waals surface area contributed by atoms with Gasteiger partial charge in [-0.1, -0.05) is 6.92 Å². The number of piperazine rings is 1. The Labute approximate surface area is 122 Å². The van der Waals surface area contributed by atoms with Crippen molar-refractivity contribution < 1.29 is 13.5 Å². The predicted octanol–water partition coefficient (Wildman–Crippen LogP) is 1.33. The molecule has 0 aliphatic carbocycles. The molecule has 0 bridgehead atoms. The summed E-state index contributed by atoms with van der Waals surface area (Å²) < 4.78 is 25.1. The number of nitrogens with one attached hydrogen (secondary N) is 1. The summed E-state index contributed by atoms with van der Waals surface area (Å²) in [5.41, 5.74) is 1.21. The zero-order chi connectivity index (χ0) is 14.4. The van der Waals surface area contributed by atoms with Crippen molar-refractivity contribution >= 4 is 16.8 Å². The Morgan fingerprint density at radius 1 is 1.35 bits per heavy atom. The van der Waals surface area contributed by atoms with Crippen molar-refractivity contribution in [1.29, 1.82) is 0 Å². The molecule has 1 heterocycles. The van der Waals surface area contributed by atoms with Crippen molar-refractivity contribution in [3.8, 4) is 5.75 Å². The van der Waals surface area contributed by atoms with Crippen LogP contribution in [0.4, 0.5) is 5.69 Å². The van der Waals surface area contributed by atoms with Crippen LogP contribution in [0.25, 0.3) is 0 Å². The first-order valence-corrected chi connectivity index (χ1v) is 8.18. The van der Waals surface area contributed by atoms with Crippen LogP contribution in [0.5, 0.6) is 5.75 Å². The van der Waals surface area contributed by atoms with Gasteiger partial charge in [-0.25, -0.2) is 4.21 Å². The van der Waals surface area contributed by atoms with Gasteiger partial charge in [0.1, 0.15) is 5.75 Å². The van der Waals surface area contributed by atoms with Crippen LogP contribution in [0.2, 0.25) is 0 Å². The number of hydrogen-bond acceptors (Lipinski definition) is 4. The molecule has 2 atom stereocenters. The van der Waals surface area contributed by atoms with Gasteiger partial charge in [0.25, 0.3) is 0 Å². The van der Waals surface area contributed by atoms with Crippen molar-refractivity contribution in [3.63, 3.8) is 0 Å². The third-order valence-electron chi connectivity index (χ3n) is 3.28. The van der Waals surface area contributed by atoms with E-state index < -0.39 is 11.1 Å². The fourth-order valence-electron chi connectivity index (χ4n) is 2.21. The van der Waals surface area contributed by atoms with Gasteiger partial charge in [0, 0.05) is 37.8 Å². The van der Waals surface area contributed by atoms with Crippen molar-refractivity contribution in [1.82, 2.24) is 5.32 Å². The van der Waals surface area contributed by atoms with E-state index in [-0.39, 0.29) is 11.7 Å². The average molecular weight is 298 g/mol. The van der Waals surface area contributed by atoms with Gasteiger partial charge in [0.05, 0.1) is 12.4 Å². The molecule has 20 heavy (non-hydrogen) atoms. The minimum absolute atomic E-state index is 0.0636. The number of benzene rings is 1. The highest BCUT2D eigenvalue weighted by Gasteiger charge is 2.10. The lowest BCUT2D eigenvalue weighted by Gasteiger charge is -2.29. The second-order valence-corrected chi connectivity index (χ2v) is 6.11. The van der Waals surface area contributed by atoms with Crippen molar-refractivity contribution in [2.45, 2.75) is 6.92 Å². The molecule has 1 aliphatic heterocycles. The zero-order valence-corrected chi connectivity index (χ0v) is 12.6. The third-order valence-corrected chi connectivity index (χ3v) is 4.13. The molecular weight excluding hydrogens is 276 g/mol. The molecule has 112 valence electrons. The van der Waals surface area contributed by atoms with E-state index in [0.29, 0.717) is 6.61 Å². The van der Waals surface area contributed by atoms with Crippen LogP contribution in [0, 0.1) is 5.92 Å². The number of hydrogen-bond donors (Lipinski definition) is 2. The summed E-state index contributed by atoms with van der Waals surface area (Å²) in [7, 11) is 0. The third kappa shape index (κ3) is 4.77. The molecule has 2 unspecified atom stereocenters. The molecule has 0 amide bonds. The van der Waals surface area contributed by atoms with Crippen molar-refractivity contribution in [2.24, 2.45) is 5.92 Å². The average Bonchev–Trinajstić information content (AvgIpc) is 2.46. The first kappa shape index (κ1) is 15.3. The molecule has 2 N–H and O–H groups in total. The molecular formula is C14H22N2O3S. The fourth-order valence-corrected chi connectivity index (χ4v) is 2.79. The minimum atomic E-state index is -1.75. The smallest absolute Gasteiger partial charge is 0.153 e. The minimum Gasteiger partial charge on any atom is -0.493 e. The summed E-state index contributed by atoms with van der Waals surface area (Å²) in [6.07, 6.45) is 0. The van der Waals surface area contributed by atoms with Crippen LogP contribution in [0.15, 0.2) is 24.3 Å². The van der Waals surface area contributed by atoms with Crippen LogP contribution in [0.3, 0.4) is 0 Å². The SMILES string of the molecule is CC(COc1ccc(N2CCNCC2)cc1)CS(=O)O. The Hall–Kier alpha value is -1.11. The van der Waals surface area contributed by atoms with Crippen molar-refractivity contribution in [3.05, 3.63) is 24.3 Å². The van der Waals surface area contributed by atoms with Crippen LogP contribution in [0.1, 0.15) is 6.92 Å². The molecule has 5 nitrogen and oxygen atoms in total. The van der Waals surface area contributed by atoms with Crippen LogP contribution in [-0.2, 0) is 11.1 Å². The molecule has 0 aromatic heterocycles. The van der Waals surface area contributed by atoms with Crippen LogP contribution in [-0.4, -0.2) is 47.3 Å². The maximum Gasteiger partial charge on any atom is 0.153 e. The molecule has 1 fully saturated rings. The van der Waals surface area contributed by atoms with E-state index in [9.17, 15) is 4.21 Å². The van der Waals surface area contributed by atoms with Gasteiger partial charge < -0.3 is 19.5 Å². The second kappa shape index (κ2) is 7.61. The van der Waals surface area contributed by atoms with Crippen molar-refractivity contribution in [2.75, 3.05) is 43.4 Å². The quantitative estimate of drug-likeness (QED) is 0.776. The first-order chi connectivity index (χ1) is 9.65. The van der Waals surface area contributed by atoms with Crippen LogP contribution < -0.4 is 15.0 Å². The predicted molar refractivity (Wildman–Crippen MR) is 81.8 cm³/mol. The Kier molecular flexibility index (Phi) is 5.82. The molecule has 6 heteroatoms. The molecule has 0 radical (unpaired) electrons. The monoisotopic (exact) mass is 298 g/mol. The Balaban J connectivity index is 1.83. The number of anilines is 1. The van der Waals surface area contributed by atoms with Crippen LogP contribution >= 0.6 is 0 Å². The largest absolute Gasteiger partial charge is 0.493 e. The highest BCUT2D eigenvalue weighted by molar-refractivity contribution is 7.79. The molecule has 1 aromatic rings. The van der Waals surface area contributed by atoms with Gasteiger partial charge >= 0.3 is 0 Å². The number of ether oxygens (including phenoxy) is 1.